The molecule has 38 heavy (non-hydrogen) atoms. The molecular weight excluding hydrogens is 548 g/mol. The van der Waals surface area contributed by atoms with Crippen molar-refractivity contribution >= 4 is 35.3 Å². The predicted octanol–water partition coefficient (Wildman–Crippen LogP) is 3.35. The Labute approximate surface area is 216 Å². The van der Waals surface area contributed by atoms with Gasteiger partial charge in [-0.05, 0) is 12.1 Å². The van der Waals surface area contributed by atoms with E-state index in [1.165, 1.54) is 0 Å². The summed E-state index contributed by atoms with van der Waals surface area (Å²) < 4.78 is 69.8. The lowest BCUT2D eigenvalue weighted by atomic mass is 9.93. The number of anilines is 2. The van der Waals surface area contributed by atoms with E-state index in [4.69, 9.17) is 24.5 Å². The SMILES string of the molecule is CN(C)c1cc(N2CC3(CC(Oc4cccnc4)CS3)C2)ncn1.O=C(O)C(F)(F)F.O=C(O)C(F)(F)F. The molecule has 17 heteroatoms. The van der Waals surface area contributed by atoms with Crippen LogP contribution in [0.1, 0.15) is 6.42 Å². The first-order chi connectivity index (χ1) is 17.5. The molecule has 1 unspecified atom stereocenters. The van der Waals surface area contributed by atoms with Crippen molar-refractivity contribution in [2.75, 3.05) is 42.7 Å². The number of hydrogen-bond acceptors (Lipinski definition) is 9. The van der Waals surface area contributed by atoms with Crippen LogP contribution in [0.2, 0.25) is 0 Å². The van der Waals surface area contributed by atoms with Crippen molar-refractivity contribution < 1.29 is 50.9 Å². The lowest BCUT2D eigenvalue weighted by Crippen LogP contribution is -2.59. The van der Waals surface area contributed by atoms with Gasteiger partial charge in [-0.3, -0.25) is 4.98 Å². The van der Waals surface area contributed by atoms with E-state index in [1.807, 2.05) is 42.9 Å². The monoisotopic (exact) mass is 571 g/mol. The molecule has 1 atom stereocenters. The van der Waals surface area contributed by atoms with E-state index < -0.39 is 24.3 Å². The van der Waals surface area contributed by atoms with Gasteiger partial charge in [0.1, 0.15) is 29.8 Å². The van der Waals surface area contributed by atoms with Crippen molar-refractivity contribution in [2.45, 2.75) is 29.6 Å². The smallest absolute Gasteiger partial charge is 0.488 e. The second-order valence-corrected chi connectivity index (χ2v) is 9.71. The zero-order valence-corrected chi connectivity index (χ0v) is 20.7. The molecule has 2 aromatic heterocycles. The molecule has 2 fully saturated rings. The highest BCUT2D eigenvalue weighted by atomic mass is 32.2. The number of nitrogens with zero attached hydrogens (tertiary/aromatic N) is 5. The van der Waals surface area contributed by atoms with Gasteiger partial charge in [-0.25, -0.2) is 19.6 Å². The molecular formula is C21H23F6N5O5S. The molecule has 0 bridgehead atoms. The number of halogens is 6. The van der Waals surface area contributed by atoms with Gasteiger partial charge in [-0.15, -0.1) is 11.8 Å². The zero-order chi connectivity index (χ0) is 28.7. The number of aromatic nitrogens is 3. The van der Waals surface area contributed by atoms with Crippen LogP contribution in [0.25, 0.3) is 0 Å². The Morgan fingerprint density at radius 3 is 2.16 bits per heavy atom. The van der Waals surface area contributed by atoms with Gasteiger partial charge in [0.25, 0.3) is 0 Å². The molecule has 0 amide bonds. The third-order valence-electron chi connectivity index (χ3n) is 4.98. The molecule has 2 aliphatic rings. The first-order valence-corrected chi connectivity index (χ1v) is 11.6. The second-order valence-electron chi connectivity index (χ2n) is 8.22. The summed E-state index contributed by atoms with van der Waals surface area (Å²) in [5, 5.41) is 14.2. The highest BCUT2D eigenvalue weighted by Crippen LogP contribution is 2.47. The van der Waals surface area contributed by atoms with Crippen molar-refractivity contribution in [3.05, 3.63) is 36.9 Å². The molecule has 210 valence electrons. The van der Waals surface area contributed by atoms with Gasteiger partial charge in [0.15, 0.2) is 0 Å². The number of ether oxygens (including phenoxy) is 1. The molecule has 1 spiro atoms. The van der Waals surface area contributed by atoms with E-state index in [2.05, 4.69) is 25.9 Å². The largest absolute Gasteiger partial charge is 0.490 e. The Hall–Kier alpha value is -3.50. The minimum atomic E-state index is -5.08. The van der Waals surface area contributed by atoms with Crippen LogP contribution >= 0.6 is 11.8 Å². The number of pyridine rings is 1. The molecule has 0 aliphatic carbocycles. The van der Waals surface area contributed by atoms with Crippen LogP contribution in [0.15, 0.2) is 36.9 Å². The lowest BCUT2D eigenvalue weighted by molar-refractivity contribution is -0.193. The van der Waals surface area contributed by atoms with E-state index >= 15 is 0 Å². The quantitative estimate of drug-likeness (QED) is 0.525. The Balaban J connectivity index is 0.000000301. The van der Waals surface area contributed by atoms with E-state index in [9.17, 15) is 26.3 Å². The molecule has 2 aromatic rings. The minimum Gasteiger partial charge on any atom is -0.488 e. The summed E-state index contributed by atoms with van der Waals surface area (Å²) in [6.07, 6.45) is -3.62. The molecule has 2 N–H and O–H groups in total. The fraction of sp³-hybridized carbons (Fsp3) is 0.476. The van der Waals surface area contributed by atoms with Crippen LogP contribution in [0.3, 0.4) is 0 Å². The Morgan fingerprint density at radius 1 is 1.11 bits per heavy atom. The molecule has 0 aromatic carbocycles. The Morgan fingerprint density at radius 2 is 1.68 bits per heavy atom. The molecule has 4 heterocycles. The summed E-state index contributed by atoms with van der Waals surface area (Å²) in [5.41, 5.74) is 0. The number of thioether (sulfide) groups is 1. The highest BCUT2D eigenvalue weighted by molar-refractivity contribution is 8.01. The summed E-state index contributed by atoms with van der Waals surface area (Å²) in [6, 6.07) is 5.94. The molecule has 2 aliphatic heterocycles. The van der Waals surface area contributed by atoms with Crippen LogP contribution in [-0.2, 0) is 9.59 Å². The van der Waals surface area contributed by atoms with Crippen LogP contribution in [0.5, 0.6) is 5.75 Å². The van der Waals surface area contributed by atoms with E-state index in [1.54, 1.807) is 18.7 Å². The Kier molecular flexibility index (Phi) is 9.99. The number of aliphatic carboxylic acids is 2. The molecule has 2 saturated heterocycles. The fourth-order valence-electron chi connectivity index (χ4n) is 3.27. The van der Waals surface area contributed by atoms with Crippen molar-refractivity contribution in [1.29, 1.82) is 0 Å². The van der Waals surface area contributed by atoms with Gasteiger partial charge >= 0.3 is 24.3 Å². The van der Waals surface area contributed by atoms with Crippen LogP contribution in [-0.4, -0.2) is 93.2 Å². The minimum absolute atomic E-state index is 0.268. The third kappa shape index (κ3) is 9.11. The van der Waals surface area contributed by atoms with Gasteiger partial charge < -0.3 is 24.7 Å². The number of carboxylic acids is 2. The van der Waals surface area contributed by atoms with Gasteiger partial charge in [0.2, 0.25) is 0 Å². The summed E-state index contributed by atoms with van der Waals surface area (Å²) >= 11 is 2.03. The average Bonchev–Trinajstić information content (AvgIpc) is 3.22. The zero-order valence-electron chi connectivity index (χ0n) is 19.9. The lowest BCUT2D eigenvalue weighted by Gasteiger charge is -2.48. The van der Waals surface area contributed by atoms with Gasteiger partial charge in [0, 0.05) is 51.6 Å². The normalized spacial score (nSPS) is 17.8. The molecule has 10 nitrogen and oxygen atoms in total. The second kappa shape index (κ2) is 12.4. The van der Waals surface area contributed by atoms with Gasteiger partial charge in [-0.1, -0.05) is 0 Å². The molecule has 0 saturated carbocycles. The van der Waals surface area contributed by atoms with E-state index in [0.29, 0.717) is 4.75 Å². The van der Waals surface area contributed by atoms with Crippen molar-refractivity contribution in [3.63, 3.8) is 0 Å². The topological polar surface area (TPSA) is 129 Å². The van der Waals surface area contributed by atoms with Crippen LogP contribution in [0.4, 0.5) is 38.0 Å². The summed E-state index contributed by atoms with van der Waals surface area (Å²) in [6.45, 7) is 2.04. The highest BCUT2D eigenvalue weighted by Gasteiger charge is 2.50. The first kappa shape index (κ1) is 30.7. The summed E-state index contributed by atoms with van der Waals surface area (Å²) in [5.74, 6) is -1.66. The molecule has 0 radical (unpaired) electrons. The number of rotatable bonds is 4. The van der Waals surface area contributed by atoms with Gasteiger partial charge in [-0.2, -0.15) is 26.3 Å². The predicted molar refractivity (Wildman–Crippen MR) is 124 cm³/mol. The molecule has 4 rings (SSSR count). The number of carboxylic acid groups (broad SMARTS) is 2. The maximum Gasteiger partial charge on any atom is 0.490 e. The Bertz CT molecular complexity index is 1060. The summed E-state index contributed by atoms with van der Waals surface area (Å²) in [7, 11) is 3.99. The average molecular weight is 572 g/mol. The fourth-order valence-corrected chi connectivity index (χ4v) is 4.80. The van der Waals surface area contributed by atoms with Crippen molar-refractivity contribution in [2.24, 2.45) is 0 Å². The maximum atomic E-state index is 10.6. The standard InChI is InChI=1S/C17H21N5OS.2C2HF3O2/c1-21(2)15-6-16(20-12-19-15)22-10-17(11-22)7-14(9-24-17)23-13-4-3-5-18-8-13;2*3-2(4,5)1(6)7/h3-6,8,12,14H,7,9-11H2,1-2H3;2*(H,6,7). The third-order valence-corrected chi connectivity index (χ3v) is 6.55. The van der Waals surface area contributed by atoms with E-state index in [-0.39, 0.29) is 6.10 Å². The van der Waals surface area contributed by atoms with E-state index in [0.717, 1.165) is 42.6 Å². The van der Waals surface area contributed by atoms with Crippen LogP contribution in [0, 0.1) is 0 Å². The maximum absolute atomic E-state index is 10.6. The number of hydrogen-bond donors (Lipinski definition) is 2. The van der Waals surface area contributed by atoms with Crippen molar-refractivity contribution in [1.82, 2.24) is 15.0 Å². The van der Waals surface area contributed by atoms with Crippen LogP contribution < -0.4 is 14.5 Å². The summed E-state index contributed by atoms with van der Waals surface area (Å²) in [4.78, 5) is 34.9. The number of alkyl halides is 6. The van der Waals surface area contributed by atoms with Gasteiger partial charge in [0.05, 0.1) is 10.9 Å². The number of carbonyl (C=O) groups is 2. The van der Waals surface area contributed by atoms with Crippen molar-refractivity contribution in [3.8, 4) is 5.75 Å². The first-order valence-electron chi connectivity index (χ1n) is 10.6.